The van der Waals surface area contributed by atoms with Gasteiger partial charge in [0.25, 0.3) is 0 Å². The summed E-state index contributed by atoms with van der Waals surface area (Å²) in [5.74, 6) is 0.917. The first kappa shape index (κ1) is 15.4. The van der Waals surface area contributed by atoms with Crippen LogP contribution in [0.15, 0.2) is 73.2 Å². The van der Waals surface area contributed by atoms with E-state index >= 15 is 0 Å². The summed E-state index contributed by atoms with van der Waals surface area (Å²) in [4.78, 5) is 12.1. The molecule has 2 N–H and O–H groups in total. The third kappa shape index (κ3) is 3.69. The second-order valence-electron chi connectivity index (χ2n) is 6.10. The Labute approximate surface area is 147 Å². The average Bonchev–Trinajstić information content (AvgIpc) is 3.07. The van der Waals surface area contributed by atoms with Gasteiger partial charge in [-0.1, -0.05) is 36.4 Å². The van der Waals surface area contributed by atoms with Crippen molar-refractivity contribution in [3.63, 3.8) is 0 Å². The topological polar surface area (TPSA) is 53.6 Å². The summed E-state index contributed by atoms with van der Waals surface area (Å²) in [5, 5.41) is 4.56. The van der Waals surface area contributed by atoms with Gasteiger partial charge in [-0.05, 0) is 41.3 Å². The van der Waals surface area contributed by atoms with Crippen molar-refractivity contribution in [2.75, 3.05) is 11.9 Å². The van der Waals surface area contributed by atoms with Gasteiger partial charge in [0.05, 0.1) is 0 Å². The van der Waals surface area contributed by atoms with E-state index in [2.05, 4.69) is 56.7 Å². The highest BCUT2D eigenvalue weighted by molar-refractivity contribution is 5.79. The number of nitrogens with one attached hydrogen (secondary N) is 2. The predicted molar refractivity (Wildman–Crippen MR) is 102 cm³/mol. The second kappa shape index (κ2) is 7.18. The molecule has 0 fully saturated rings. The molecule has 3 aromatic heterocycles. The van der Waals surface area contributed by atoms with E-state index in [4.69, 9.17) is 0 Å². The molecular weight excluding hydrogens is 308 g/mol. The van der Waals surface area contributed by atoms with E-state index in [1.807, 2.05) is 30.6 Å². The van der Waals surface area contributed by atoms with Crippen molar-refractivity contribution in [1.29, 1.82) is 0 Å². The van der Waals surface area contributed by atoms with Crippen molar-refractivity contribution in [2.24, 2.45) is 0 Å². The first-order valence-corrected chi connectivity index (χ1v) is 8.52. The Balaban J connectivity index is 1.37. The number of hydrogen-bond acceptors (Lipinski definition) is 3. The molecule has 3 heterocycles. The quantitative estimate of drug-likeness (QED) is 0.557. The number of H-pyrrole nitrogens is 1. The van der Waals surface area contributed by atoms with Crippen molar-refractivity contribution in [2.45, 2.75) is 12.8 Å². The molecule has 0 atom stereocenters. The van der Waals surface area contributed by atoms with E-state index in [0.717, 1.165) is 30.9 Å². The summed E-state index contributed by atoms with van der Waals surface area (Å²) in [5.41, 5.74) is 4.71. The number of aromatic amines is 1. The number of anilines is 1. The lowest BCUT2D eigenvalue weighted by molar-refractivity contribution is 1.00. The Bertz CT molecular complexity index is 942. The van der Waals surface area contributed by atoms with Crippen LogP contribution >= 0.6 is 0 Å². The SMILES string of the molecule is c1ccc(CCNc2ccc(Cc3c[nH]c4ncccc34)cn2)cc1. The maximum absolute atomic E-state index is 4.53. The first-order chi connectivity index (χ1) is 12.4. The maximum Gasteiger partial charge on any atom is 0.137 e. The Hall–Kier alpha value is -3.14. The number of hydrogen-bond donors (Lipinski definition) is 2. The molecule has 0 saturated carbocycles. The minimum absolute atomic E-state index is 0.850. The first-order valence-electron chi connectivity index (χ1n) is 8.52. The van der Waals surface area contributed by atoms with Crippen molar-refractivity contribution in [3.05, 3.63) is 89.9 Å². The van der Waals surface area contributed by atoms with Gasteiger partial charge < -0.3 is 10.3 Å². The molecule has 4 aromatic rings. The molecule has 25 heavy (non-hydrogen) atoms. The van der Waals surface area contributed by atoms with Gasteiger partial charge in [0.1, 0.15) is 11.5 Å². The molecule has 4 nitrogen and oxygen atoms in total. The summed E-state index contributed by atoms with van der Waals surface area (Å²) < 4.78 is 0. The molecule has 0 amide bonds. The van der Waals surface area contributed by atoms with Gasteiger partial charge in [0.15, 0.2) is 0 Å². The molecule has 4 rings (SSSR count). The van der Waals surface area contributed by atoms with Crippen LogP contribution in [0.5, 0.6) is 0 Å². The van der Waals surface area contributed by atoms with Crippen LogP contribution in [0.3, 0.4) is 0 Å². The highest BCUT2D eigenvalue weighted by Crippen LogP contribution is 2.19. The molecule has 1 aromatic carbocycles. The molecule has 0 aliphatic rings. The van der Waals surface area contributed by atoms with Crippen molar-refractivity contribution in [3.8, 4) is 0 Å². The molecule has 0 bridgehead atoms. The number of pyridine rings is 2. The number of fused-ring (bicyclic) bond motifs is 1. The Morgan fingerprint density at radius 1 is 0.880 bits per heavy atom. The van der Waals surface area contributed by atoms with E-state index < -0.39 is 0 Å². The fourth-order valence-corrected chi connectivity index (χ4v) is 2.99. The minimum atomic E-state index is 0.850. The molecule has 0 aliphatic carbocycles. The van der Waals surface area contributed by atoms with E-state index in [1.54, 1.807) is 6.20 Å². The molecule has 0 spiro atoms. The zero-order valence-corrected chi connectivity index (χ0v) is 13.9. The highest BCUT2D eigenvalue weighted by atomic mass is 15.0. The highest BCUT2D eigenvalue weighted by Gasteiger charge is 2.05. The van der Waals surface area contributed by atoms with Gasteiger partial charge in [-0.15, -0.1) is 0 Å². The van der Waals surface area contributed by atoms with Gasteiger partial charge in [0, 0.05) is 36.9 Å². The van der Waals surface area contributed by atoms with Crippen LogP contribution < -0.4 is 5.32 Å². The van der Waals surface area contributed by atoms with Gasteiger partial charge >= 0.3 is 0 Å². The van der Waals surface area contributed by atoms with Crippen LogP contribution in [0.25, 0.3) is 11.0 Å². The summed E-state index contributed by atoms with van der Waals surface area (Å²) >= 11 is 0. The maximum atomic E-state index is 4.53. The van der Waals surface area contributed by atoms with E-state index in [1.165, 1.54) is 22.1 Å². The third-order valence-corrected chi connectivity index (χ3v) is 4.32. The standard InChI is InChI=1S/C21H20N4/c1-2-5-16(6-3-1)10-12-22-20-9-8-17(14-24-20)13-18-15-25-21-19(18)7-4-11-23-21/h1-9,11,14-15H,10,12-13H2,(H,22,24)(H,23,25). The molecule has 0 saturated heterocycles. The fourth-order valence-electron chi connectivity index (χ4n) is 2.99. The average molecular weight is 328 g/mol. The van der Waals surface area contributed by atoms with Gasteiger partial charge in [-0.2, -0.15) is 0 Å². The normalized spacial score (nSPS) is 10.9. The Kier molecular flexibility index (Phi) is 4.42. The third-order valence-electron chi connectivity index (χ3n) is 4.32. The molecule has 4 heteroatoms. The van der Waals surface area contributed by atoms with Crippen LogP contribution in [0, 0.1) is 0 Å². The second-order valence-corrected chi connectivity index (χ2v) is 6.10. The van der Waals surface area contributed by atoms with Crippen LogP contribution in [-0.4, -0.2) is 21.5 Å². The van der Waals surface area contributed by atoms with Gasteiger partial charge in [-0.25, -0.2) is 9.97 Å². The van der Waals surface area contributed by atoms with Crippen LogP contribution in [0.2, 0.25) is 0 Å². The summed E-state index contributed by atoms with van der Waals surface area (Å²) in [6.45, 7) is 0.879. The monoisotopic (exact) mass is 328 g/mol. The van der Waals surface area contributed by atoms with Crippen LogP contribution in [0.1, 0.15) is 16.7 Å². The molecule has 0 radical (unpaired) electrons. The Morgan fingerprint density at radius 2 is 1.80 bits per heavy atom. The lowest BCUT2D eigenvalue weighted by Gasteiger charge is -2.07. The predicted octanol–water partition coefficient (Wildman–Crippen LogP) is 4.20. The lowest BCUT2D eigenvalue weighted by Crippen LogP contribution is -2.06. The number of rotatable bonds is 6. The van der Waals surface area contributed by atoms with Gasteiger partial charge in [0.2, 0.25) is 0 Å². The van der Waals surface area contributed by atoms with E-state index in [-0.39, 0.29) is 0 Å². The summed E-state index contributed by atoms with van der Waals surface area (Å²) in [7, 11) is 0. The number of aromatic nitrogens is 3. The van der Waals surface area contributed by atoms with Crippen LogP contribution in [-0.2, 0) is 12.8 Å². The van der Waals surface area contributed by atoms with E-state index in [9.17, 15) is 0 Å². The minimum Gasteiger partial charge on any atom is -0.370 e. The summed E-state index contributed by atoms with van der Waals surface area (Å²) in [6.07, 6.45) is 7.62. The molecule has 0 unspecified atom stereocenters. The van der Waals surface area contributed by atoms with Crippen molar-refractivity contribution in [1.82, 2.24) is 15.0 Å². The molecule has 124 valence electrons. The number of benzene rings is 1. The Morgan fingerprint density at radius 3 is 2.64 bits per heavy atom. The fraction of sp³-hybridized carbons (Fsp3) is 0.143. The zero-order chi connectivity index (χ0) is 16.9. The smallest absolute Gasteiger partial charge is 0.137 e. The number of nitrogens with zero attached hydrogens (tertiary/aromatic N) is 2. The molecular formula is C21H20N4. The molecule has 0 aliphatic heterocycles. The van der Waals surface area contributed by atoms with Crippen molar-refractivity contribution >= 4 is 16.9 Å². The van der Waals surface area contributed by atoms with E-state index in [0.29, 0.717) is 0 Å². The largest absolute Gasteiger partial charge is 0.370 e. The lowest BCUT2D eigenvalue weighted by atomic mass is 10.1. The van der Waals surface area contributed by atoms with Crippen LogP contribution in [0.4, 0.5) is 5.82 Å². The summed E-state index contributed by atoms with van der Waals surface area (Å²) in [6, 6.07) is 18.7. The van der Waals surface area contributed by atoms with Crippen molar-refractivity contribution < 1.29 is 0 Å². The van der Waals surface area contributed by atoms with Gasteiger partial charge in [-0.3, -0.25) is 0 Å². The zero-order valence-electron chi connectivity index (χ0n) is 13.9.